The van der Waals surface area contributed by atoms with Gasteiger partial charge in [0.25, 0.3) is 5.91 Å². The van der Waals surface area contributed by atoms with Gasteiger partial charge in [-0.1, -0.05) is 19.4 Å². The van der Waals surface area contributed by atoms with Crippen LogP contribution in [0.5, 0.6) is 0 Å². The van der Waals surface area contributed by atoms with E-state index in [2.05, 4.69) is 31.1 Å². The van der Waals surface area contributed by atoms with Crippen LogP contribution in [-0.4, -0.2) is 34.9 Å². The topological polar surface area (TPSA) is 45.2 Å². The summed E-state index contributed by atoms with van der Waals surface area (Å²) >= 11 is 0. The first kappa shape index (κ1) is 13.8. The highest BCUT2D eigenvalue weighted by Gasteiger charge is 2.26. The number of aromatic nitrogens is 1. The highest BCUT2D eigenvalue weighted by molar-refractivity contribution is 5.92. The Kier molecular flexibility index (Phi) is 4.40. The Morgan fingerprint density at radius 2 is 2.32 bits per heavy atom. The predicted octanol–water partition coefficient (Wildman–Crippen LogP) is 2.77. The molecule has 4 nitrogen and oxygen atoms in total. The molecule has 0 spiro atoms. The van der Waals surface area contributed by atoms with Crippen LogP contribution in [0.2, 0.25) is 0 Å². The molecule has 0 radical (unpaired) electrons. The molecular formula is C15H23N3O. The molecule has 2 rings (SSSR count). The van der Waals surface area contributed by atoms with Crippen molar-refractivity contribution in [3.63, 3.8) is 0 Å². The van der Waals surface area contributed by atoms with E-state index < -0.39 is 0 Å². The fourth-order valence-electron chi connectivity index (χ4n) is 2.44. The third-order valence-corrected chi connectivity index (χ3v) is 3.56. The average Bonchev–Trinajstić information content (AvgIpc) is 2.86. The number of pyridine rings is 1. The molecule has 1 fully saturated rings. The third-order valence-electron chi connectivity index (χ3n) is 3.56. The first-order valence-electron chi connectivity index (χ1n) is 7.13. The normalized spacial score (nSPS) is 18.9. The van der Waals surface area contributed by atoms with Crippen LogP contribution in [0.3, 0.4) is 0 Å². The number of nitrogens with one attached hydrogen (secondary N) is 1. The van der Waals surface area contributed by atoms with Crippen molar-refractivity contribution in [3.8, 4) is 0 Å². The van der Waals surface area contributed by atoms with Crippen molar-refractivity contribution >= 4 is 11.7 Å². The van der Waals surface area contributed by atoms with Crippen molar-refractivity contribution in [1.82, 2.24) is 9.88 Å². The third kappa shape index (κ3) is 3.46. The van der Waals surface area contributed by atoms with E-state index in [-0.39, 0.29) is 5.91 Å². The van der Waals surface area contributed by atoms with E-state index in [1.807, 2.05) is 17.0 Å². The Hall–Kier alpha value is -1.58. The number of nitrogens with zero attached hydrogens (tertiary/aromatic N) is 2. The summed E-state index contributed by atoms with van der Waals surface area (Å²) in [4.78, 5) is 18.7. The van der Waals surface area contributed by atoms with E-state index in [1.165, 1.54) is 0 Å². The monoisotopic (exact) mass is 261 g/mol. The summed E-state index contributed by atoms with van der Waals surface area (Å²) in [5.41, 5.74) is 0.544. The minimum atomic E-state index is 0.0587. The lowest BCUT2D eigenvalue weighted by molar-refractivity contribution is 0.0781. The Bertz CT molecular complexity index is 445. The van der Waals surface area contributed by atoms with Gasteiger partial charge in [-0.3, -0.25) is 4.79 Å². The van der Waals surface area contributed by atoms with E-state index >= 15 is 0 Å². The van der Waals surface area contributed by atoms with Crippen molar-refractivity contribution in [1.29, 1.82) is 0 Å². The van der Waals surface area contributed by atoms with E-state index in [4.69, 9.17) is 0 Å². The fourth-order valence-corrected chi connectivity index (χ4v) is 2.44. The van der Waals surface area contributed by atoms with Gasteiger partial charge in [0.1, 0.15) is 11.5 Å². The summed E-state index contributed by atoms with van der Waals surface area (Å²) < 4.78 is 0. The van der Waals surface area contributed by atoms with E-state index in [1.54, 1.807) is 6.07 Å². The van der Waals surface area contributed by atoms with Gasteiger partial charge in [-0.2, -0.15) is 0 Å². The molecule has 1 aromatic heterocycles. The zero-order chi connectivity index (χ0) is 13.8. The molecule has 1 amide bonds. The lowest BCUT2D eigenvalue weighted by Gasteiger charge is -2.16. The molecule has 1 unspecified atom stereocenters. The highest BCUT2D eigenvalue weighted by Crippen LogP contribution is 2.21. The summed E-state index contributed by atoms with van der Waals surface area (Å²) in [7, 11) is 0. The lowest BCUT2D eigenvalue weighted by atomic mass is 10.1. The maximum Gasteiger partial charge on any atom is 0.272 e. The van der Waals surface area contributed by atoms with Crippen LogP contribution in [0.4, 0.5) is 5.82 Å². The second-order valence-corrected chi connectivity index (χ2v) is 5.52. The van der Waals surface area contributed by atoms with Crippen molar-refractivity contribution in [2.24, 2.45) is 5.92 Å². The predicted molar refractivity (Wildman–Crippen MR) is 77.3 cm³/mol. The first-order valence-corrected chi connectivity index (χ1v) is 7.13. The Balaban J connectivity index is 2.07. The van der Waals surface area contributed by atoms with Gasteiger partial charge in [0.15, 0.2) is 0 Å². The number of hydrogen-bond acceptors (Lipinski definition) is 3. The maximum absolute atomic E-state index is 12.4. The second-order valence-electron chi connectivity index (χ2n) is 5.52. The number of carbonyl (C=O) groups is 1. The van der Waals surface area contributed by atoms with Crippen LogP contribution in [0.25, 0.3) is 0 Å². The molecule has 0 aliphatic carbocycles. The molecule has 0 bridgehead atoms. The zero-order valence-corrected chi connectivity index (χ0v) is 12.0. The summed E-state index contributed by atoms with van der Waals surface area (Å²) in [6.07, 6.45) is 2.26. The average molecular weight is 261 g/mol. The van der Waals surface area contributed by atoms with Gasteiger partial charge >= 0.3 is 0 Å². The van der Waals surface area contributed by atoms with Crippen molar-refractivity contribution in [2.75, 3.05) is 18.4 Å². The molecule has 0 aromatic carbocycles. The molecule has 0 saturated carbocycles. The molecule has 104 valence electrons. The van der Waals surface area contributed by atoms with Gasteiger partial charge in [-0.15, -0.1) is 0 Å². The second kappa shape index (κ2) is 6.04. The number of anilines is 1. The minimum absolute atomic E-state index is 0.0587. The highest BCUT2D eigenvalue weighted by atomic mass is 16.2. The van der Waals surface area contributed by atoms with Gasteiger partial charge < -0.3 is 10.2 Å². The smallest absolute Gasteiger partial charge is 0.272 e. The van der Waals surface area contributed by atoms with Crippen molar-refractivity contribution < 1.29 is 4.79 Å². The molecule has 1 atom stereocenters. The van der Waals surface area contributed by atoms with E-state index in [9.17, 15) is 4.79 Å². The molecule has 1 N–H and O–H groups in total. The molecule has 1 aliphatic heterocycles. The van der Waals surface area contributed by atoms with Gasteiger partial charge in [0, 0.05) is 19.1 Å². The van der Waals surface area contributed by atoms with Crippen LogP contribution in [0.15, 0.2) is 18.2 Å². The fraction of sp³-hybridized carbons (Fsp3) is 0.600. The van der Waals surface area contributed by atoms with E-state index in [0.717, 1.165) is 31.7 Å². The number of carbonyl (C=O) groups excluding carboxylic acids is 1. The van der Waals surface area contributed by atoms with Crippen molar-refractivity contribution in [2.45, 2.75) is 39.7 Å². The van der Waals surface area contributed by atoms with Gasteiger partial charge in [0.2, 0.25) is 0 Å². The molecule has 4 heteroatoms. The Morgan fingerprint density at radius 3 is 2.95 bits per heavy atom. The number of hydrogen-bond donors (Lipinski definition) is 1. The molecule has 1 aliphatic rings. The van der Waals surface area contributed by atoms with Crippen molar-refractivity contribution in [3.05, 3.63) is 23.9 Å². The minimum Gasteiger partial charge on any atom is -0.368 e. The van der Waals surface area contributed by atoms with Crippen LogP contribution in [0, 0.1) is 5.92 Å². The zero-order valence-electron chi connectivity index (χ0n) is 12.0. The quantitative estimate of drug-likeness (QED) is 0.906. The molecule has 1 aromatic rings. The van der Waals surface area contributed by atoms with Gasteiger partial charge in [0.05, 0.1) is 0 Å². The Labute approximate surface area is 115 Å². The summed E-state index contributed by atoms with van der Waals surface area (Å²) in [6, 6.07) is 5.90. The number of rotatable bonds is 4. The largest absolute Gasteiger partial charge is 0.368 e. The first-order chi connectivity index (χ1) is 9.10. The molecule has 1 saturated heterocycles. The van der Waals surface area contributed by atoms with Crippen LogP contribution < -0.4 is 5.32 Å². The van der Waals surface area contributed by atoms with Crippen LogP contribution in [0.1, 0.15) is 44.1 Å². The summed E-state index contributed by atoms with van der Waals surface area (Å²) in [5.74, 6) is 1.48. The summed E-state index contributed by atoms with van der Waals surface area (Å²) in [5, 5.41) is 3.23. The lowest BCUT2D eigenvalue weighted by Crippen LogP contribution is -2.29. The maximum atomic E-state index is 12.4. The number of amides is 1. The SMILES string of the molecule is CCC1CCN(C(=O)c2cccc(NC(C)C)n2)C1. The van der Waals surface area contributed by atoms with E-state index in [0.29, 0.717) is 17.7 Å². The van der Waals surface area contributed by atoms with Crippen LogP contribution >= 0.6 is 0 Å². The van der Waals surface area contributed by atoms with Crippen LogP contribution in [-0.2, 0) is 0 Å². The van der Waals surface area contributed by atoms with Gasteiger partial charge in [-0.05, 0) is 38.3 Å². The molecule has 19 heavy (non-hydrogen) atoms. The number of likely N-dealkylation sites (tertiary alicyclic amines) is 1. The molecule has 2 heterocycles. The standard InChI is InChI=1S/C15H23N3O/c1-4-12-8-9-18(10-12)15(19)13-6-5-7-14(17-13)16-11(2)3/h5-7,11-12H,4,8-10H2,1-3H3,(H,16,17). The molecular weight excluding hydrogens is 238 g/mol. The Morgan fingerprint density at radius 1 is 1.53 bits per heavy atom. The summed E-state index contributed by atoms with van der Waals surface area (Å²) in [6.45, 7) is 8.04. The van der Waals surface area contributed by atoms with Gasteiger partial charge in [-0.25, -0.2) is 4.98 Å².